The molecule has 2 N–H and O–H groups in total. The van der Waals surface area contributed by atoms with Gasteiger partial charge in [-0.2, -0.15) is 0 Å². The van der Waals surface area contributed by atoms with Crippen LogP contribution in [0.2, 0.25) is 0 Å². The number of nitrogens with zero attached hydrogens (tertiary/aromatic N) is 3. The summed E-state index contributed by atoms with van der Waals surface area (Å²) in [7, 11) is 0. The van der Waals surface area contributed by atoms with Crippen molar-refractivity contribution in [1.82, 2.24) is 9.55 Å². The number of nitro groups is 1. The highest BCUT2D eigenvalue weighted by atomic mass is 16.6. The Morgan fingerprint density at radius 2 is 2.29 bits per heavy atom. The average Bonchev–Trinajstić information content (AvgIpc) is 2.96. The highest BCUT2D eigenvalue weighted by Gasteiger charge is 2.23. The number of hydrogen-bond acceptors (Lipinski definition) is 5. The normalized spacial score (nSPS) is 10.3. The molecule has 0 spiro atoms. The number of imidazole rings is 1. The molecule has 0 saturated heterocycles. The van der Waals surface area contributed by atoms with Gasteiger partial charge in [0.2, 0.25) is 0 Å². The lowest BCUT2D eigenvalue weighted by molar-refractivity contribution is -0.384. The molecule has 8 nitrogen and oxygen atoms in total. The fraction of sp³-hybridized carbons (Fsp3) is 0.231. The molecule has 0 amide bonds. The Morgan fingerprint density at radius 3 is 2.90 bits per heavy atom. The minimum absolute atomic E-state index is 0.213. The van der Waals surface area contributed by atoms with Gasteiger partial charge in [0.25, 0.3) is 0 Å². The topological polar surface area (TPSA) is 110 Å². The number of benzene rings is 1. The van der Waals surface area contributed by atoms with Crippen LogP contribution in [0.25, 0.3) is 0 Å². The van der Waals surface area contributed by atoms with Crippen LogP contribution in [0.5, 0.6) is 0 Å². The molecular weight excluding hydrogens is 276 g/mol. The molecule has 21 heavy (non-hydrogen) atoms. The van der Waals surface area contributed by atoms with E-state index in [9.17, 15) is 14.9 Å². The molecule has 0 saturated carbocycles. The molecule has 0 aliphatic rings. The number of aryl methyl sites for hydroxylation is 1. The second-order valence-electron chi connectivity index (χ2n) is 4.34. The Balaban J connectivity index is 2.04. The van der Waals surface area contributed by atoms with E-state index in [-0.39, 0.29) is 11.3 Å². The maximum atomic E-state index is 11.1. The molecule has 2 rings (SSSR count). The van der Waals surface area contributed by atoms with E-state index in [1.807, 2.05) is 10.8 Å². The SMILES string of the molecule is O=C(O)c1cccc(NCCCn2ccnc2)c1[N+](=O)[O-]. The number of nitrogens with one attached hydrogen (secondary N) is 1. The highest BCUT2D eigenvalue weighted by Crippen LogP contribution is 2.28. The fourth-order valence-corrected chi connectivity index (χ4v) is 1.96. The largest absolute Gasteiger partial charge is 0.477 e. The Morgan fingerprint density at radius 1 is 1.48 bits per heavy atom. The third kappa shape index (κ3) is 3.56. The van der Waals surface area contributed by atoms with Crippen molar-refractivity contribution in [3.63, 3.8) is 0 Å². The molecule has 0 atom stereocenters. The molecule has 1 aromatic carbocycles. The summed E-state index contributed by atoms with van der Waals surface area (Å²) >= 11 is 0. The number of carboxylic acids is 1. The molecule has 1 heterocycles. The van der Waals surface area contributed by atoms with Gasteiger partial charge in [-0.1, -0.05) is 6.07 Å². The van der Waals surface area contributed by atoms with E-state index in [1.54, 1.807) is 12.5 Å². The van der Waals surface area contributed by atoms with Crippen LogP contribution < -0.4 is 5.32 Å². The van der Waals surface area contributed by atoms with Crippen LogP contribution in [0.15, 0.2) is 36.9 Å². The van der Waals surface area contributed by atoms with Gasteiger partial charge in [-0.3, -0.25) is 10.1 Å². The van der Waals surface area contributed by atoms with Crippen molar-refractivity contribution in [2.75, 3.05) is 11.9 Å². The maximum absolute atomic E-state index is 11.1. The molecule has 0 fully saturated rings. The molecule has 0 radical (unpaired) electrons. The molecule has 1 aromatic heterocycles. The summed E-state index contributed by atoms with van der Waals surface area (Å²) < 4.78 is 1.89. The first-order valence-corrected chi connectivity index (χ1v) is 6.30. The van der Waals surface area contributed by atoms with E-state index >= 15 is 0 Å². The maximum Gasteiger partial charge on any atom is 0.342 e. The summed E-state index contributed by atoms with van der Waals surface area (Å²) in [6.45, 7) is 1.21. The van der Waals surface area contributed by atoms with Crippen molar-refractivity contribution < 1.29 is 14.8 Å². The summed E-state index contributed by atoms with van der Waals surface area (Å²) in [6, 6.07) is 4.20. The van der Waals surface area contributed by atoms with Crippen molar-refractivity contribution in [2.24, 2.45) is 0 Å². The van der Waals surface area contributed by atoms with Crippen LogP contribution in [0, 0.1) is 10.1 Å². The molecule has 0 bridgehead atoms. The van der Waals surface area contributed by atoms with E-state index in [0.29, 0.717) is 6.54 Å². The van der Waals surface area contributed by atoms with E-state index < -0.39 is 16.6 Å². The van der Waals surface area contributed by atoms with E-state index in [0.717, 1.165) is 13.0 Å². The Kier molecular flexibility index (Phi) is 4.50. The standard InChI is InChI=1S/C13H14N4O4/c18-13(19)10-3-1-4-11(12(10)17(20)21)15-5-2-7-16-8-6-14-9-16/h1,3-4,6,8-9,15H,2,5,7H2,(H,18,19). The summed E-state index contributed by atoms with van der Waals surface area (Å²) in [6.07, 6.45) is 5.92. The first kappa shape index (κ1) is 14.5. The van der Waals surface area contributed by atoms with Crippen molar-refractivity contribution >= 4 is 17.3 Å². The van der Waals surface area contributed by atoms with Crippen molar-refractivity contribution in [3.05, 3.63) is 52.6 Å². The predicted molar refractivity (Wildman–Crippen MR) is 75.4 cm³/mol. The Labute approximate surface area is 120 Å². The predicted octanol–water partition coefficient (Wildman–Crippen LogP) is 1.99. The summed E-state index contributed by atoms with van der Waals surface area (Å²) in [5.74, 6) is -1.32. The number of rotatable bonds is 7. The van der Waals surface area contributed by atoms with Gasteiger partial charge in [0.15, 0.2) is 0 Å². The van der Waals surface area contributed by atoms with Gasteiger partial charge in [-0.15, -0.1) is 0 Å². The van der Waals surface area contributed by atoms with E-state index in [2.05, 4.69) is 10.3 Å². The summed E-state index contributed by atoms with van der Waals surface area (Å²) in [4.78, 5) is 25.3. The number of aromatic carboxylic acids is 1. The lowest BCUT2D eigenvalue weighted by Crippen LogP contribution is -2.10. The van der Waals surface area contributed by atoms with Crippen LogP contribution in [-0.2, 0) is 6.54 Å². The molecule has 8 heteroatoms. The smallest absolute Gasteiger partial charge is 0.342 e. The Bertz CT molecular complexity index is 640. The molecule has 0 aliphatic heterocycles. The molecular formula is C13H14N4O4. The van der Waals surface area contributed by atoms with Crippen LogP contribution in [-0.4, -0.2) is 32.1 Å². The van der Waals surface area contributed by atoms with Crippen LogP contribution in [0.4, 0.5) is 11.4 Å². The number of aromatic nitrogens is 2. The quantitative estimate of drug-likeness (QED) is 0.458. The minimum Gasteiger partial charge on any atom is -0.477 e. The van der Waals surface area contributed by atoms with Gasteiger partial charge < -0.3 is 15.0 Å². The molecule has 2 aromatic rings. The van der Waals surface area contributed by atoms with Crippen LogP contribution >= 0.6 is 0 Å². The molecule has 0 aliphatic carbocycles. The highest BCUT2D eigenvalue weighted by molar-refractivity contribution is 5.95. The monoisotopic (exact) mass is 290 g/mol. The summed E-state index contributed by atoms with van der Waals surface area (Å²) in [5.41, 5.74) is -0.516. The van der Waals surface area contributed by atoms with Gasteiger partial charge in [-0.25, -0.2) is 9.78 Å². The number of carboxylic acid groups (broad SMARTS) is 1. The number of hydrogen-bond donors (Lipinski definition) is 2. The molecule has 110 valence electrons. The van der Waals surface area contributed by atoms with Crippen LogP contribution in [0.1, 0.15) is 16.8 Å². The van der Waals surface area contributed by atoms with Crippen molar-refractivity contribution in [2.45, 2.75) is 13.0 Å². The minimum atomic E-state index is -1.32. The zero-order valence-corrected chi connectivity index (χ0v) is 11.1. The van der Waals surface area contributed by atoms with Gasteiger partial charge in [-0.05, 0) is 18.6 Å². The first-order chi connectivity index (χ1) is 10.1. The van der Waals surface area contributed by atoms with Gasteiger partial charge in [0.05, 0.1) is 11.3 Å². The zero-order chi connectivity index (χ0) is 15.2. The van der Waals surface area contributed by atoms with Gasteiger partial charge >= 0.3 is 11.7 Å². The average molecular weight is 290 g/mol. The fourth-order valence-electron chi connectivity index (χ4n) is 1.96. The third-order valence-corrected chi connectivity index (χ3v) is 2.92. The summed E-state index contributed by atoms with van der Waals surface area (Å²) in [5, 5.41) is 23.0. The number of para-hydroxylation sites is 1. The molecule has 0 unspecified atom stereocenters. The van der Waals surface area contributed by atoms with Crippen molar-refractivity contribution in [1.29, 1.82) is 0 Å². The van der Waals surface area contributed by atoms with Crippen LogP contribution in [0.3, 0.4) is 0 Å². The van der Waals surface area contributed by atoms with Crippen molar-refractivity contribution in [3.8, 4) is 0 Å². The lowest BCUT2D eigenvalue weighted by atomic mass is 10.1. The lowest BCUT2D eigenvalue weighted by Gasteiger charge is -2.08. The van der Waals surface area contributed by atoms with Gasteiger partial charge in [0, 0.05) is 25.5 Å². The number of anilines is 1. The van der Waals surface area contributed by atoms with Gasteiger partial charge in [0.1, 0.15) is 11.3 Å². The zero-order valence-electron chi connectivity index (χ0n) is 11.1. The number of carbonyl (C=O) groups is 1. The second kappa shape index (κ2) is 6.51. The third-order valence-electron chi connectivity index (χ3n) is 2.92. The first-order valence-electron chi connectivity index (χ1n) is 6.30. The van der Waals surface area contributed by atoms with E-state index in [4.69, 9.17) is 5.11 Å². The Hall–Kier alpha value is -2.90. The number of nitro benzene ring substituents is 1. The second-order valence-corrected chi connectivity index (χ2v) is 4.34. The van der Waals surface area contributed by atoms with E-state index in [1.165, 1.54) is 18.2 Å².